The summed E-state index contributed by atoms with van der Waals surface area (Å²) < 4.78 is 17.4. The molecule has 2 aliphatic heterocycles. The van der Waals surface area contributed by atoms with Gasteiger partial charge in [0, 0.05) is 31.2 Å². The molecule has 1 spiro atoms. The lowest BCUT2D eigenvalue weighted by molar-refractivity contribution is -0.147. The highest BCUT2D eigenvalue weighted by molar-refractivity contribution is 5.78. The van der Waals surface area contributed by atoms with E-state index >= 15 is 0 Å². The minimum atomic E-state index is -0.466. The van der Waals surface area contributed by atoms with Crippen LogP contribution in [0.2, 0.25) is 0 Å². The number of rotatable bonds is 4. The normalized spacial score (nSPS) is 25.0. The van der Waals surface area contributed by atoms with E-state index in [-0.39, 0.29) is 18.6 Å². The van der Waals surface area contributed by atoms with Crippen LogP contribution in [-0.4, -0.2) is 73.9 Å². The van der Waals surface area contributed by atoms with Crippen molar-refractivity contribution in [1.29, 1.82) is 0 Å². The van der Waals surface area contributed by atoms with Gasteiger partial charge in [-0.3, -0.25) is 9.69 Å². The Kier molecular flexibility index (Phi) is 5.85. The molecule has 0 aromatic heterocycles. The van der Waals surface area contributed by atoms with Crippen LogP contribution in [0.25, 0.3) is 0 Å². The number of carbonyl (C=O) groups excluding carboxylic acids is 1. The Labute approximate surface area is 156 Å². The molecule has 144 valence electrons. The molecule has 0 bridgehead atoms. The lowest BCUT2D eigenvalue weighted by atomic mass is 10.00. The summed E-state index contributed by atoms with van der Waals surface area (Å²) in [6.07, 6.45) is 0. The molecular formula is C20H30N2O4. The zero-order valence-electron chi connectivity index (χ0n) is 16.3. The molecule has 3 rings (SSSR count). The molecule has 2 saturated heterocycles. The maximum absolute atomic E-state index is 12.3. The van der Waals surface area contributed by atoms with Crippen LogP contribution in [0.4, 0.5) is 0 Å². The number of amides is 1. The van der Waals surface area contributed by atoms with Gasteiger partial charge in [0.25, 0.3) is 0 Å². The summed E-state index contributed by atoms with van der Waals surface area (Å²) in [4.78, 5) is 16.5. The number of morpholine rings is 1. The molecule has 1 atom stereocenters. The third kappa shape index (κ3) is 4.19. The van der Waals surface area contributed by atoms with Crippen molar-refractivity contribution in [3.05, 3.63) is 29.3 Å². The highest BCUT2D eigenvalue weighted by Crippen LogP contribution is 2.27. The van der Waals surface area contributed by atoms with Gasteiger partial charge in [0.1, 0.15) is 18.0 Å². The predicted octanol–water partition coefficient (Wildman–Crippen LogP) is 1.84. The molecule has 1 amide bonds. The van der Waals surface area contributed by atoms with E-state index in [0.29, 0.717) is 19.8 Å². The van der Waals surface area contributed by atoms with Crippen molar-refractivity contribution in [1.82, 2.24) is 9.80 Å². The Morgan fingerprint density at radius 3 is 2.85 bits per heavy atom. The highest BCUT2D eigenvalue weighted by atomic mass is 16.5. The van der Waals surface area contributed by atoms with E-state index in [9.17, 15) is 4.79 Å². The molecule has 0 radical (unpaired) electrons. The second-order valence-corrected chi connectivity index (χ2v) is 7.67. The van der Waals surface area contributed by atoms with Crippen molar-refractivity contribution in [2.24, 2.45) is 0 Å². The first kappa shape index (κ1) is 19.1. The smallest absolute Gasteiger partial charge is 0.248 e. The monoisotopic (exact) mass is 362 g/mol. The summed E-state index contributed by atoms with van der Waals surface area (Å²) in [5, 5.41) is 0. The predicted molar refractivity (Wildman–Crippen MR) is 99.4 cm³/mol. The van der Waals surface area contributed by atoms with E-state index in [2.05, 4.69) is 30.0 Å². The molecule has 2 heterocycles. The Morgan fingerprint density at radius 2 is 2.12 bits per heavy atom. The largest absolute Gasteiger partial charge is 0.496 e. The van der Waals surface area contributed by atoms with Crippen LogP contribution in [0.3, 0.4) is 0 Å². The molecule has 6 heteroatoms. The van der Waals surface area contributed by atoms with Crippen molar-refractivity contribution >= 4 is 5.91 Å². The Balaban J connectivity index is 1.75. The fraction of sp³-hybridized carbons (Fsp3) is 0.650. The summed E-state index contributed by atoms with van der Waals surface area (Å²) in [6.45, 7) is 10.3. The van der Waals surface area contributed by atoms with Gasteiger partial charge in [-0.05, 0) is 32.4 Å². The zero-order chi connectivity index (χ0) is 18.7. The van der Waals surface area contributed by atoms with E-state index < -0.39 is 5.60 Å². The molecule has 2 fully saturated rings. The summed E-state index contributed by atoms with van der Waals surface area (Å²) in [6, 6.07) is 6.45. The van der Waals surface area contributed by atoms with Gasteiger partial charge < -0.3 is 19.1 Å². The van der Waals surface area contributed by atoms with Crippen LogP contribution in [0, 0.1) is 6.92 Å². The maximum Gasteiger partial charge on any atom is 0.248 e. The fourth-order valence-electron chi connectivity index (χ4n) is 3.79. The number of carbonyl (C=O) groups is 1. The molecule has 6 nitrogen and oxygen atoms in total. The molecule has 26 heavy (non-hydrogen) atoms. The van der Waals surface area contributed by atoms with Crippen LogP contribution < -0.4 is 4.74 Å². The second kappa shape index (κ2) is 7.94. The van der Waals surface area contributed by atoms with Gasteiger partial charge in [-0.2, -0.15) is 0 Å². The average Bonchev–Trinajstić information content (AvgIpc) is 2.76. The Bertz CT molecular complexity index is 649. The van der Waals surface area contributed by atoms with E-state index in [0.717, 1.165) is 25.4 Å². The molecule has 1 unspecified atom stereocenters. The summed E-state index contributed by atoms with van der Waals surface area (Å²) in [5.74, 6) is 0.958. The van der Waals surface area contributed by atoms with E-state index in [1.54, 1.807) is 7.11 Å². The van der Waals surface area contributed by atoms with Crippen LogP contribution in [0.1, 0.15) is 25.0 Å². The Hall–Kier alpha value is -1.63. The van der Waals surface area contributed by atoms with Crippen molar-refractivity contribution in [2.45, 2.75) is 39.0 Å². The minimum absolute atomic E-state index is 0.0396. The standard InChI is InChI=1S/C20H30N2O4/c1-15(2)22-13-20(14-25-11-19(22)23)12-21(7-8-26-20)10-17-6-5-16(3)9-18(17)24-4/h5-6,9,15H,7-8,10-14H2,1-4H3. The number of benzene rings is 1. The Morgan fingerprint density at radius 1 is 1.31 bits per heavy atom. The molecule has 1 aromatic rings. The van der Waals surface area contributed by atoms with Gasteiger partial charge in [0.15, 0.2) is 0 Å². The molecular weight excluding hydrogens is 332 g/mol. The average molecular weight is 362 g/mol. The number of aryl methyl sites for hydroxylation is 1. The lowest BCUT2D eigenvalue weighted by Gasteiger charge is -2.44. The first-order valence-corrected chi connectivity index (χ1v) is 9.29. The van der Waals surface area contributed by atoms with Gasteiger partial charge in [0.2, 0.25) is 5.91 Å². The van der Waals surface area contributed by atoms with Gasteiger partial charge in [-0.15, -0.1) is 0 Å². The minimum Gasteiger partial charge on any atom is -0.496 e. The highest BCUT2D eigenvalue weighted by Gasteiger charge is 2.42. The number of hydrogen-bond acceptors (Lipinski definition) is 5. The van der Waals surface area contributed by atoms with Crippen molar-refractivity contribution in [3.63, 3.8) is 0 Å². The van der Waals surface area contributed by atoms with Crippen LogP contribution in [0.5, 0.6) is 5.75 Å². The zero-order valence-corrected chi connectivity index (χ0v) is 16.3. The third-order valence-electron chi connectivity index (χ3n) is 5.16. The van der Waals surface area contributed by atoms with Crippen LogP contribution >= 0.6 is 0 Å². The van der Waals surface area contributed by atoms with Crippen molar-refractivity contribution < 1.29 is 19.0 Å². The molecule has 2 aliphatic rings. The lowest BCUT2D eigenvalue weighted by Crippen LogP contribution is -2.59. The van der Waals surface area contributed by atoms with E-state index in [1.165, 1.54) is 11.1 Å². The number of hydrogen-bond donors (Lipinski definition) is 0. The topological polar surface area (TPSA) is 51.2 Å². The van der Waals surface area contributed by atoms with Crippen LogP contribution in [0.15, 0.2) is 18.2 Å². The van der Waals surface area contributed by atoms with Gasteiger partial charge in [0.05, 0.1) is 26.9 Å². The number of nitrogens with zero attached hydrogens (tertiary/aromatic N) is 2. The number of methoxy groups -OCH3 is 1. The maximum atomic E-state index is 12.3. The fourth-order valence-corrected chi connectivity index (χ4v) is 3.79. The van der Waals surface area contributed by atoms with E-state index in [1.807, 2.05) is 18.7 Å². The molecule has 0 aliphatic carbocycles. The van der Waals surface area contributed by atoms with Gasteiger partial charge >= 0.3 is 0 Å². The van der Waals surface area contributed by atoms with Crippen LogP contribution in [-0.2, 0) is 20.8 Å². The molecule has 0 saturated carbocycles. The third-order valence-corrected chi connectivity index (χ3v) is 5.16. The SMILES string of the molecule is COc1cc(C)ccc1CN1CCOC2(COCC(=O)N(C(C)C)C2)C1. The number of ether oxygens (including phenoxy) is 3. The summed E-state index contributed by atoms with van der Waals surface area (Å²) in [7, 11) is 1.71. The quantitative estimate of drug-likeness (QED) is 0.818. The summed E-state index contributed by atoms with van der Waals surface area (Å²) >= 11 is 0. The van der Waals surface area contributed by atoms with Gasteiger partial charge in [-0.25, -0.2) is 0 Å². The van der Waals surface area contributed by atoms with Crippen molar-refractivity contribution in [2.75, 3.05) is 46.6 Å². The molecule has 1 aromatic carbocycles. The first-order valence-electron chi connectivity index (χ1n) is 9.29. The second-order valence-electron chi connectivity index (χ2n) is 7.67. The van der Waals surface area contributed by atoms with Crippen molar-refractivity contribution in [3.8, 4) is 5.75 Å². The van der Waals surface area contributed by atoms with E-state index in [4.69, 9.17) is 14.2 Å². The first-order chi connectivity index (χ1) is 12.4. The molecule has 0 N–H and O–H groups in total. The summed E-state index contributed by atoms with van der Waals surface area (Å²) in [5.41, 5.74) is 1.89. The van der Waals surface area contributed by atoms with Gasteiger partial charge in [-0.1, -0.05) is 12.1 Å².